The van der Waals surface area contributed by atoms with Crippen LogP contribution in [0.4, 0.5) is 5.69 Å². The SMILES string of the molecule is CCN[C@@H](C)C(=O)N[C@H](C)C(=O)Nc1cc(COC)cc(COC)c1. The van der Waals surface area contributed by atoms with Crippen molar-refractivity contribution in [2.45, 2.75) is 46.1 Å². The van der Waals surface area contributed by atoms with E-state index in [2.05, 4.69) is 16.0 Å². The molecule has 0 aliphatic rings. The molecule has 1 aromatic rings. The Kier molecular flexibility index (Phi) is 9.12. The molecule has 0 aromatic heterocycles. The summed E-state index contributed by atoms with van der Waals surface area (Å²) < 4.78 is 10.3. The van der Waals surface area contributed by atoms with Crippen molar-refractivity contribution in [2.24, 2.45) is 0 Å². The van der Waals surface area contributed by atoms with Gasteiger partial charge in [-0.25, -0.2) is 0 Å². The first-order valence-electron chi connectivity index (χ1n) is 8.36. The normalized spacial score (nSPS) is 13.2. The van der Waals surface area contributed by atoms with Crippen molar-refractivity contribution in [2.75, 3.05) is 26.1 Å². The first-order chi connectivity index (χ1) is 11.9. The summed E-state index contributed by atoms with van der Waals surface area (Å²) >= 11 is 0. The zero-order chi connectivity index (χ0) is 18.8. The number of carbonyl (C=O) groups is 2. The van der Waals surface area contributed by atoms with Gasteiger partial charge in [-0.05, 0) is 43.7 Å². The molecule has 140 valence electrons. The molecular formula is C18H29N3O4. The molecule has 0 aliphatic carbocycles. The maximum Gasteiger partial charge on any atom is 0.246 e. The second kappa shape index (κ2) is 10.8. The molecule has 0 fully saturated rings. The summed E-state index contributed by atoms with van der Waals surface area (Å²) in [4.78, 5) is 24.4. The second-order valence-electron chi connectivity index (χ2n) is 5.90. The van der Waals surface area contributed by atoms with Crippen molar-refractivity contribution in [3.63, 3.8) is 0 Å². The number of ether oxygens (including phenoxy) is 2. The number of anilines is 1. The zero-order valence-electron chi connectivity index (χ0n) is 15.6. The van der Waals surface area contributed by atoms with E-state index in [0.29, 0.717) is 25.4 Å². The molecule has 1 rings (SSSR count). The Morgan fingerprint density at radius 2 is 1.52 bits per heavy atom. The average Bonchev–Trinajstić information content (AvgIpc) is 2.55. The van der Waals surface area contributed by atoms with Gasteiger partial charge in [-0.3, -0.25) is 9.59 Å². The van der Waals surface area contributed by atoms with Crippen LogP contribution in [0.1, 0.15) is 31.9 Å². The second-order valence-corrected chi connectivity index (χ2v) is 5.90. The molecule has 2 atom stereocenters. The largest absolute Gasteiger partial charge is 0.380 e. The van der Waals surface area contributed by atoms with Gasteiger partial charge in [0.05, 0.1) is 19.3 Å². The standard InChI is InChI=1S/C18H29N3O4/c1-6-19-12(2)17(22)20-13(3)18(23)21-16-8-14(10-24-4)7-15(9-16)11-25-5/h7-9,12-13,19H,6,10-11H2,1-5H3,(H,20,22)(H,21,23)/t12-,13+/m0/s1. The fraction of sp³-hybridized carbons (Fsp3) is 0.556. The van der Waals surface area contributed by atoms with Crippen LogP contribution in [0.3, 0.4) is 0 Å². The van der Waals surface area contributed by atoms with E-state index in [1.165, 1.54) is 0 Å². The van der Waals surface area contributed by atoms with Crippen molar-refractivity contribution in [1.82, 2.24) is 10.6 Å². The summed E-state index contributed by atoms with van der Waals surface area (Å²) in [7, 11) is 3.23. The van der Waals surface area contributed by atoms with E-state index in [-0.39, 0.29) is 17.9 Å². The lowest BCUT2D eigenvalue weighted by molar-refractivity contribution is -0.127. The highest BCUT2D eigenvalue weighted by Crippen LogP contribution is 2.17. The third-order valence-corrected chi connectivity index (χ3v) is 3.60. The molecule has 0 saturated carbocycles. The first kappa shape index (κ1) is 21.1. The molecule has 0 heterocycles. The van der Waals surface area contributed by atoms with Gasteiger partial charge in [-0.2, -0.15) is 0 Å². The van der Waals surface area contributed by atoms with Crippen LogP contribution < -0.4 is 16.0 Å². The lowest BCUT2D eigenvalue weighted by atomic mass is 10.1. The molecule has 0 aliphatic heterocycles. The number of likely N-dealkylation sites (N-methyl/N-ethyl adjacent to an activating group) is 1. The van der Waals surface area contributed by atoms with Crippen molar-refractivity contribution in [1.29, 1.82) is 0 Å². The first-order valence-corrected chi connectivity index (χ1v) is 8.36. The van der Waals surface area contributed by atoms with Gasteiger partial charge in [0.2, 0.25) is 11.8 Å². The van der Waals surface area contributed by atoms with Gasteiger partial charge >= 0.3 is 0 Å². The van der Waals surface area contributed by atoms with Crippen molar-refractivity contribution < 1.29 is 19.1 Å². The van der Waals surface area contributed by atoms with Crippen molar-refractivity contribution >= 4 is 17.5 Å². The maximum absolute atomic E-state index is 12.4. The van der Waals surface area contributed by atoms with Crippen LogP contribution in [0.5, 0.6) is 0 Å². The molecule has 0 saturated heterocycles. The van der Waals surface area contributed by atoms with Crippen LogP contribution in [-0.4, -0.2) is 44.7 Å². The topological polar surface area (TPSA) is 88.7 Å². The molecule has 25 heavy (non-hydrogen) atoms. The predicted molar refractivity (Wildman–Crippen MR) is 97.2 cm³/mol. The van der Waals surface area contributed by atoms with Gasteiger partial charge < -0.3 is 25.4 Å². The average molecular weight is 351 g/mol. The van der Waals surface area contributed by atoms with Crippen LogP contribution in [0.15, 0.2) is 18.2 Å². The Labute approximate surface area is 149 Å². The third-order valence-electron chi connectivity index (χ3n) is 3.60. The highest BCUT2D eigenvalue weighted by Gasteiger charge is 2.19. The third kappa shape index (κ3) is 7.21. The quantitative estimate of drug-likeness (QED) is 0.593. The Morgan fingerprint density at radius 3 is 2.00 bits per heavy atom. The minimum Gasteiger partial charge on any atom is -0.380 e. The zero-order valence-corrected chi connectivity index (χ0v) is 15.6. The predicted octanol–water partition coefficient (Wildman–Crippen LogP) is 1.42. The van der Waals surface area contributed by atoms with Gasteiger partial charge in [0.25, 0.3) is 0 Å². The molecule has 0 spiro atoms. The van der Waals surface area contributed by atoms with E-state index >= 15 is 0 Å². The fourth-order valence-electron chi connectivity index (χ4n) is 2.39. The Morgan fingerprint density at radius 1 is 0.960 bits per heavy atom. The highest BCUT2D eigenvalue weighted by atomic mass is 16.5. The number of hydrogen-bond acceptors (Lipinski definition) is 5. The molecule has 2 amide bonds. The van der Waals surface area contributed by atoms with E-state index in [4.69, 9.17) is 9.47 Å². The summed E-state index contributed by atoms with van der Waals surface area (Å²) in [6.07, 6.45) is 0. The van der Waals surface area contributed by atoms with Crippen molar-refractivity contribution in [3.8, 4) is 0 Å². The molecule has 0 bridgehead atoms. The Bertz CT molecular complexity index is 553. The summed E-state index contributed by atoms with van der Waals surface area (Å²) in [6.45, 7) is 6.89. The van der Waals surface area contributed by atoms with Crippen LogP contribution in [0, 0.1) is 0 Å². The number of hydrogen-bond donors (Lipinski definition) is 3. The molecule has 0 radical (unpaired) electrons. The van der Waals surface area contributed by atoms with E-state index in [1.54, 1.807) is 28.1 Å². The minimum absolute atomic E-state index is 0.210. The molecule has 7 heteroatoms. The van der Waals surface area contributed by atoms with Gasteiger partial charge in [0.15, 0.2) is 0 Å². The van der Waals surface area contributed by atoms with Crippen molar-refractivity contribution in [3.05, 3.63) is 29.3 Å². The van der Waals surface area contributed by atoms with Crippen LogP contribution in [-0.2, 0) is 32.3 Å². The lowest BCUT2D eigenvalue weighted by Gasteiger charge is -2.18. The summed E-state index contributed by atoms with van der Waals surface area (Å²) in [5.41, 5.74) is 2.52. The van der Waals surface area contributed by atoms with E-state index in [0.717, 1.165) is 11.1 Å². The molecular weight excluding hydrogens is 322 g/mol. The molecule has 1 aromatic carbocycles. The van der Waals surface area contributed by atoms with Gasteiger partial charge in [0, 0.05) is 19.9 Å². The van der Waals surface area contributed by atoms with Crippen LogP contribution >= 0.6 is 0 Å². The van der Waals surface area contributed by atoms with E-state index in [1.807, 2.05) is 25.1 Å². The molecule has 7 nitrogen and oxygen atoms in total. The summed E-state index contributed by atoms with van der Waals surface area (Å²) in [5, 5.41) is 8.54. The minimum atomic E-state index is -0.648. The lowest BCUT2D eigenvalue weighted by Crippen LogP contribution is -2.49. The number of benzene rings is 1. The molecule has 0 unspecified atom stereocenters. The Hall–Kier alpha value is -1.96. The van der Waals surface area contributed by atoms with Crippen LogP contribution in [0.25, 0.3) is 0 Å². The summed E-state index contributed by atoms with van der Waals surface area (Å²) in [6, 6.07) is 4.66. The fourth-order valence-corrected chi connectivity index (χ4v) is 2.39. The number of rotatable bonds is 10. The summed E-state index contributed by atoms with van der Waals surface area (Å²) in [5.74, 6) is -0.493. The van der Waals surface area contributed by atoms with Gasteiger partial charge in [-0.1, -0.05) is 13.0 Å². The number of methoxy groups -OCH3 is 2. The van der Waals surface area contributed by atoms with Crippen LogP contribution in [0.2, 0.25) is 0 Å². The van der Waals surface area contributed by atoms with Gasteiger partial charge in [0.1, 0.15) is 6.04 Å². The van der Waals surface area contributed by atoms with E-state index < -0.39 is 6.04 Å². The molecule has 3 N–H and O–H groups in total. The number of carbonyl (C=O) groups excluding carboxylic acids is 2. The smallest absolute Gasteiger partial charge is 0.246 e. The van der Waals surface area contributed by atoms with E-state index in [9.17, 15) is 9.59 Å². The number of amides is 2. The highest BCUT2D eigenvalue weighted by molar-refractivity contribution is 5.97. The Balaban J connectivity index is 2.75. The number of nitrogens with one attached hydrogen (secondary N) is 3. The van der Waals surface area contributed by atoms with Gasteiger partial charge in [-0.15, -0.1) is 0 Å². The maximum atomic E-state index is 12.4. The monoisotopic (exact) mass is 351 g/mol.